The Bertz CT molecular complexity index is 1720. The molecule has 0 bridgehead atoms. The number of hydrogen-bond acceptors (Lipinski definition) is 4. The van der Waals surface area contributed by atoms with Gasteiger partial charge in [0.25, 0.3) is 0 Å². The van der Waals surface area contributed by atoms with Gasteiger partial charge in [0.15, 0.2) is 0 Å². The molecule has 0 N–H and O–H groups in total. The highest BCUT2D eigenvalue weighted by Crippen LogP contribution is 2.33. The summed E-state index contributed by atoms with van der Waals surface area (Å²) in [7, 11) is 0. The van der Waals surface area contributed by atoms with Gasteiger partial charge in [-0.05, 0) is 90.4 Å². The third-order valence-electron chi connectivity index (χ3n) is 9.91. The van der Waals surface area contributed by atoms with Gasteiger partial charge >= 0.3 is 0 Å². The number of rotatable bonds is 0. The quantitative estimate of drug-likeness (QED) is 0.180. The Morgan fingerprint density at radius 3 is 0.673 bits per heavy atom. The minimum atomic E-state index is 0. The topological polar surface area (TPSA) is 51.6 Å². The van der Waals surface area contributed by atoms with Crippen molar-refractivity contribution in [2.45, 2.75) is 153 Å². The van der Waals surface area contributed by atoms with Crippen molar-refractivity contribution in [3.8, 4) is 0 Å². The molecule has 0 spiro atoms. The van der Waals surface area contributed by atoms with Gasteiger partial charge in [-0.3, -0.25) is 19.9 Å². The van der Waals surface area contributed by atoms with Gasteiger partial charge in [0, 0.05) is 50.5 Å². The lowest BCUT2D eigenvalue weighted by Crippen LogP contribution is -2.13. The Kier molecular flexibility index (Phi) is 15.7. The van der Waals surface area contributed by atoms with Crippen LogP contribution in [-0.2, 0) is 47.3 Å². The number of fused-ring (bicyclic) bond motifs is 4. The zero-order chi connectivity index (χ0) is 37.9. The lowest BCUT2D eigenvalue weighted by atomic mass is 9.84. The smallest absolute Gasteiger partial charge is 0.0516 e. The summed E-state index contributed by atoms with van der Waals surface area (Å²) in [6.07, 6.45) is 29.2. The van der Waals surface area contributed by atoms with E-state index in [2.05, 4.69) is 176 Å². The normalized spacial score (nSPS) is 13.9. The molecule has 55 heavy (non-hydrogen) atoms. The molecule has 296 valence electrons. The molecule has 4 aromatic heterocycles. The average molecular weight is 741 g/mol. The Hall–Kier alpha value is -4.44. The van der Waals surface area contributed by atoms with Gasteiger partial charge in [0.1, 0.15) is 0 Å². The third-order valence-corrected chi connectivity index (χ3v) is 9.91. The van der Waals surface area contributed by atoms with Gasteiger partial charge in [-0.1, -0.05) is 154 Å². The maximum absolute atomic E-state index is 4.37. The summed E-state index contributed by atoms with van der Waals surface area (Å²) >= 11 is 0. The first kappa shape index (κ1) is 46.7. The molecule has 4 aromatic rings. The first-order valence-electron chi connectivity index (χ1n) is 19.0. The SMILES string of the molecule is C.C.C.CC(C)(C)c1ccnc2c1C=CC2.CC(C)(C)c1ccnc2c1C=CC2.CC(C)(C)c1ccnc2c1C=CC2.CC(C)(C)c1ccnc2c1C=CC2. The minimum absolute atomic E-state index is 0. The van der Waals surface area contributed by atoms with E-state index in [1.807, 2.05) is 24.8 Å². The van der Waals surface area contributed by atoms with Gasteiger partial charge in [-0.2, -0.15) is 0 Å². The highest BCUT2D eigenvalue weighted by Gasteiger charge is 2.23. The van der Waals surface area contributed by atoms with Crippen LogP contribution in [0.25, 0.3) is 24.3 Å². The largest absolute Gasteiger partial charge is 0.260 e. The first-order valence-corrected chi connectivity index (χ1v) is 19.0. The number of pyridine rings is 4. The van der Waals surface area contributed by atoms with E-state index in [-0.39, 0.29) is 43.9 Å². The summed E-state index contributed by atoms with van der Waals surface area (Å²) in [5, 5.41) is 0. The molecule has 0 unspecified atom stereocenters. The Morgan fingerprint density at radius 1 is 0.327 bits per heavy atom. The van der Waals surface area contributed by atoms with Gasteiger partial charge in [0.05, 0.1) is 22.8 Å². The number of aromatic nitrogens is 4. The molecule has 4 heterocycles. The second-order valence-electron chi connectivity index (χ2n) is 18.3. The van der Waals surface area contributed by atoms with Crippen LogP contribution in [0.1, 0.15) is 173 Å². The number of allylic oxidation sites excluding steroid dienone is 4. The Morgan fingerprint density at radius 2 is 0.509 bits per heavy atom. The minimum Gasteiger partial charge on any atom is -0.260 e. The second kappa shape index (κ2) is 18.5. The van der Waals surface area contributed by atoms with Crippen molar-refractivity contribution in [2.24, 2.45) is 0 Å². The molecule has 0 atom stereocenters. The lowest BCUT2D eigenvalue weighted by Gasteiger charge is -2.21. The van der Waals surface area contributed by atoms with Crippen molar-refractivity contribution in [3.63, 3.8) is 0 Å². The van der Waals surface area contributed by atoms with Crippen molar-refractivity contribution >= 4 is 24.3 Å². The summed E-state index contributed by atoms with van der Waals surface area (Å²) in [4.78, 5) is 17.5. The van der Waals surface area contributed by atoms with E-state index in [9.17, 15) is 0 Å². The fourth-order valence-corrected chi connectivity index (χ4v) is 7.23. The molecule has 0 saturated carbocycles. The number of hydrogen-bond donors (Lipinski definition) is 0. The highest BCUT2D eigenvalue weighted by atomic mass is 14.7. The highest BCUT2D eigenvalue weighted by molar-refractivity contribution is 5.65. The van der Waals surface area contributed by atoms with Crippen molar-refractivity contribution in [3.05, 3.63) is 141 Å². The Labute approximate surface area is 336 Å². The van der Waals surface area contributed by atoms with Crippen LogP contribution in [0.5, 0.6) is 0 Å². The summed E-state index contributed by atoms with van der Waals surface area (Å²) in [5.41, 5.74) is 16.8. The van der Waals surface area contributed by atoms with E-state index >= 15 is 0 Å². The van der Waals surface area contributed by atoms with Crippen molar-refractivity contribution in [2.75, 3.05) is 0 Å². The molecule has 0 saturated heterocycles. The van der Waals surface area contributed by atoms with Gasteiger partial charge < -0.3 is 0 Å². The van der Waals surface area contributed by atoms with E-state index in [1.165, 1.54) is 67.3 Å². The van der Waals surface area contributed by atoms with E-state index in [4.69, 9.17) is 0 Å². The molecule has 4 nitrogen and oxygen atoms in total. The Balaban J connectivity index is 0.000000249. The molecule has 0 aromatic carbocycles. The molecule has 0 amide bonds. The van der Waals surface area contributed by atoms with Crippen LogP contribution in [0.2, 0.25) is 0 Å². The van der Waals surface area contributed by atoms with E-state index in [1.54, 1.807) is 0 Å². The average Bonchev–Trinajstić information content (AvgIpc) is 3.89. The molecule has 0 aliphatic heterocycles. The van der Waals surface area contributed by atoms with Gasteiger partial charge in [-0.15, -0.1) is 0 Å². The standard InChI is InChI=1S/4C12H15N.3CH4/c4*1-12(2,3)10-7-8-13-11-6-4-5-9(10)11;;;/h4*4-5,7-8H,6H2,1-3H3;3*1H4. The summed E-state index contributed by atoms with van der Waals surface area (Å²) in [6, 6.07) is 8.53. The molecular weight excluding hydrogens is 669 g/mol. The van der Waals surface area contributed by atoms with E-state index < -0.39 is 0 Å². The zero-order valence-electron chi connectivity index (χ0n) is 33.9. The summed E-state index contributed by atoms with van der Waals surface area (Å²) in [6.45, 7) is 26.9. The first-order chi connectivity index (χ1) is 24.4. The fraction of sp³-hybridized carbons (Fsp3) is 0.451. The van der Waals surface area contributed by atoms with Crippen molar-refractivity contribution in [1.29, 1.82) is 0 Å². The maximum Gasteiger partial charge on any atom is 0.0516 e. The van der Waals surface area contributed by atoms with Crippen LogP contribution in [0.15, 0.2) is 73.4 Å². The molecule has 0 radical (unpaired) electrons. The predicted octanol–water partition coefficient (Wildman–Crippen LogP) is 13.7. The maximum atomic E-state index is 4.37. The van der Waals surface area contributed by atoms with Gasteiger partial charge in [-0.25, -0.2) is 0 Å². The van der Waals surface area contributed by atoms with Crippen molar-refractivity contribution < 1.29 is 0 Å². The van der Waals surface area contributed by atoms with Crippen LogP contribution in [0.4, 0.5) is 0 Å². The van der Waals surface area contributed by atoms with E-state index in [0.717, 1.165) is 25.7 Å². The summed E-state index contributed by atoms with van der Waals surface area (Å²) < 4.78 is 0. The van der Waals surface area contributed by atoms with Crippen LogP contribution in [0.3, 0.4) is 0 Å². The second-order valence-corrected chi connectivity index (χ2v) is 18.3. The van der Waals surface area contributed by atoms with Crippen LogP contribution in [-0.4, -0.2) is 19.9 Å². The molecule has 4 heteroatoms. The predicted molar refractivity (Wildman–Crippen MR) is 243 cm³/mol. The van der Waals surface area contributed by atoms with Crippen LogP contribution < -0.4 is 0 Å². The van der Waals surface area contributed by atoms with Crippen LogP contribution in [0, 0.1) is 0 Å². The summed E-state index contributed by atoms with van der Waals surface area (Å²) in [5.74, 6) is 0. The van der Waals surface area contributed by atoms with Crippen LogP contribution >= 0.6 is 0 Å². The van der Waals surface area contributed by atoms with E-state index in [0.29, 0.717) is 0 Å². The molecule has 4 aliphatic carbocycles. The monoisotopic (exact) mass is 741 g/mol. The van der Waals surface area contributed by atoms with Crippen molar-refractivity contribution in [1.82, 2.24) is 19.9 Å². The molecule has 0 fully saturated rings. The lowest BCUT2D eigenvalue weighted by molar-refractivity contribution is 0.587. The number of nitrogens with zero attached hydrogens (tertiary/aromatic N) is 4. The third kappa shape index (κ3) is 11.3. The zero-order valence-corrected chi connectivity index (χ0v) is 33.9. The molecular formula is C51H72N4. The molecule has 4 aliphatic rings. The molecule has 8 rings (SSSR count). The fourth-order valence-electron chi connectivity index (χ4n) is 7.23. The van der Waals surface area contributed by atoms with Gasteiger partial charge in [0.2, 0.25) is 0 Å².